The molecule has 0 aliphatic carbocycles. The molecule has 10 rings (SSSR count). The molecule has 9 aromatic carbocycles. The number of furan rings is 1. The summed E-state index contributed by atoms with van der Waals surface area (Å²) >= 11 is 0. The third-order valence-corrected chi connectivity index (χ3v) is 10.5. The molecule has 10 aromatic rings. The Bertz CT molecular complexity index is 2900. The monoisotopic (exact) mass is 689 g/mol. The van der Waals surface area contributed by atoms with E-state index in [1.165, 1.54) is 33.0 Å². The molecule has 0 saturated heterocycles. The van der Waals surface area contributed by atoms with Gasteiger partial charge in [-0.05, 0) is 80.6 Å². The van der Waals surface area contributed by atoms with Gasteiger partial charge >= 0.3 is 0 Å². The minimum atomic E-state index is 0.868. The van der Waals surface area contributed by atoms with Gasteiger partial charge in [-0.15, -0.1) is 0 Å². The third-order valence-electron chi connectivity index (χ3n) is 10.5. The molecule has 0 N–H and O–H groups in total. The van der Waals surface area contributed by atoms with Crippen LogP contribution in [0, 0.1) is 0 Å². The Hall–Kier alpha value is -7.16. The molecule has 2 heteroatoms. The van der Waals surface area contributed by atoms with Crippen LogP contribution in [0.2, 0.25) is 0 Å². The second kappa shape index (κ2) is 13.4. The van der Waals surface area contributed by atoms with Gasteiger partial charge in [-0.1, -0.05) is 176 Å². The van der Waals surface area contributed by atoms with Gasteiger partial charge in [0.25, 0.3) is 0 Å². The number of hydrogen-bond donors (Lipinski definition) is 0. The van der Waals surface area contributed by atoms with Crippen LogP contribution in [0.1, 0.15) is 0 Å². The van der Waals surface area contributed by atoms with E-state index in [-0.39, 0.29) is 0 Å². The summed E-state index contributed by atoms with van der Waals surface area (Å²) < 4.78 is 6.86. The first-order valence-corrected chi connectivity index (χ1v) is 18.4. The lowest BCUT2D eigenvalue weighted by Crippen LogP contribution is -2.11. The van der Waals surface area contributed by atoms with Crippen LogP contribution in [0.3, 0.4) is 0 Å². The van der Waals surface area contributed by atoms with Gasteiger partial charge in [0, 0.05) is 22.2 Å². The predicted octanol–water partition coefficient (Wildman–Crippen LogP) is 14.9. The van der Waals surface area contributed by atoms with E-state index in [1.807, 2.05) is 0 Å². The van der Waals surface area contributed by atoms with E-state index in [1.54, 1.807) is 0 Å². The molecule has 54 heavy (non-hydrogen) atoms. The first-order valence-electron chi connectivity index (χ1n) is 18.4. The molecule has 0 saturated carbocycles. The highest BCUT2D eigenvalue weighted by Gasteiger charge is 2.24. The quantitative estimate of drug-likeness (QED) is 0.166. The summed E-state index contributed by atoms with van der Waals surface area (Å²) in [6.07, 6.45) is 0. The fourth-order valence-corrected chi connectivity index (χ4v) is 7.90. The number of benzene rings is 9. The molecule has 0 atom stereocenters. The van der Waals surface area contributed by atoms with Crippen LogP contribution in [-0.2, 0) is 0 Å². The largest absolute Gasteiger partial charge is 0.455 e. The minimum absolute atomic E-state index is 0.868. The van der Waals surface area contributed by atoms with Gasteiger partial charge < -0.3 is 9.32 Å². The van der Waals surface area contributed by atoms with E-state index >= 15 is 0 Å². The summed E-state index contributed by atoms with van der Waals surface area (Å²) in [4.78, 5) is 2.40. The highest BCUT2D eigenvalue weighted by molar-refractivity contribution is 6.18. The summed E-state index contributed by atoms with van der Waals surface area (Å²) in [6.45, 7) is 0. The maximum atomic E-state index is 6.86. The standard InChI is InChI=1S/C52H35NO/c1-3-14-36(15-4-1)37-26-28-38(29-27-37)39-30-32-42(33-31-39)53(48-24-11-9-21-44(48)41-16-5-2-6-17-41)49-35-34-46(45-23-13-19-40-18-7-8-20-43(40)45)52-51(49)47-22-10-12-25-50(47)54-52/h1-35H. The molecule has 0 unspecified atom stereocenters. The summed E-state index contributed by atoms with van der Waals surface area (Å²) in [5.74, 6) is 0. The summed E-state index contributed by atoms with van der Waals surface area (Å²) in [5.41, 5.74) is 14.3. The first-order chi connectivity index (χ1) is 26.8. The molecule has 0 aliphatic rings. The normalized spacial score (nSPS) is 11.3. The van der Waals surface area contributed by atoms with Crippen LogP contribution in [0.5, 0.6) is 0 Å². The lowest BCUT2D eigenvalue weighted by Gasteiger charge is -2.29. The lowest BCUT2D eigenvalue weighted by atomic mass is 9.95. The van der Waals surface area contributed by atoms with Gasteiger partial charge in [0.15, 0.2) is 0 Å². The average molecular weight is 690 g/mol. The Labute approximate surface area is 314 Å². The second-order valence-corrected chi connectivity index (χ2v) is 13.7. The van der Waals surface area contributed by atoms with Gasteiger partial charge in [-0.2, -0.15) is 0 Å². The minimum Gasteiger partial charge on any atom is -0.455 e. The molecule has 1 heterocycles. The molecular formula is C52H35NO. The SMILES string of the molecule is c1ccc(-c2ccc(-c3ccc(N(c4ccccc4-c4ccccc4)c4ccc(-c5cccc6ccccc56)c5oc6ccccc6c45)cc3)cc2)cc1. The van der Waals surface area contributed by atoms with Crippen molar-refractivity contribution < 1.29 is 4.42 Å². The topological polar surface area (TPSA) is 16.4 Å². The zero-order valence-corrected chi connectivity index (χ0v) is 29.6. The van der Waals surface area contributed by atoms with E-state index < -0.39 is 0 Å². The van der Waals surface area contributed by atoms with E-state index in [0.717, 1.165) is 61.3 Å². The van der Waals surface area contributed by atoms with Crippen LogP contribution in [0.4, 0.5) is 17.1 Å². The number of para-hydroxylation sites is 2. The Morgan fingerprint density at radius 3 is 1.59 bits per heavy atom. The van der Waals surface area contributed by atoms with E-state index in [9.17, 15) is 0 Å². The van der Waals surface area contributed by atoms with Crippen LogP contribution < -0.4 is 4.90 Å². The van der Waals surface area contributed by atoms with E-state index in [2.05, 4.69) is 217 Å². The summed E-state index contributed by atoms with van der Waals surface area (Å²) in [6, 6.07) is 75.7. The zero-order valence-electron chi connectivity index (χ0n) is 29.6. The number of nitrogens with zero attached hydrogens (tertiary/aromatic N) is 1. The van der Waals surface area contributed by atoms with Crippen LogP contribution in [-0.4, -0.2) is 0 Å². The molecule has 0 fully saturated rings. The predicted molar refractivity (Wildman–Crippen MR) is 228 cm³/mol. The van der Waals surface area contributed by atoms with Gasteiger partial charge in [0.1, 0.15) is 11.2 Å². The maximum absolute atomic E-state index is 6.86. The fraction of sp³-hybridized carbons (Fsp3) is 0. The van der Waals surface area contributed by atoms with Crippen molar-refractivity contribution in [2.24, 2.45) is 0 Å². The molecular weight excluding hydrogens is 655 g/mol. The Morgan fingerprint density at radius 1 is 0.315 bits per heavy atom. The van der Waals surface area contributed by atoms with Crippen molar-refractivity contribution in [1.29, 1.82) is 0 Å². The number of hydrogen-bond acceptors (Lipinski definition) is 2. The molecule has 254 valence electrons. The van der Waals surface area contributed by atoms with Crippen molar-refractivity contribution in [2.75, 3.05) is 4.90 Å². The van der Waals surface area contributed by atoms with Crippen LogP contribution in [0.25, 0.3) is 77.2 Å². The Kier molecular flexibility index (Phi) is 7.85. The van der Waals surface area contributed by atoms with Crippen molar-refractivity contribution in [3.8, 4) is 44.5 Å². The maximum Gasteiger partial charge on any atom is 0.145 e. The first kappa shape index (κ1) is 31.6. The second-order valence-electron chi connectivity index (χ2n) is 13.7. The smallest absolute Gasteiger partial charge is 0.145 e. The molecule has 0 amide bonds. The number of anilines is 3. The number of fused-ring (bicyclic) bond motifs is 4. The van der Waals surface area contributed by atoms with Crippen molar-refractivity contribution in [3.63, 3.8) is 0 Å². The average Bonchev–Trinajstić information content (AvgIpc) is 3.65. The highest BCUT2D eigenvalue weighted by atomic mass is 16.3. The lowest BCUT2D eigenvalue weighted by molar-refractivity contribution is 0.670. The fourth-order valence-electron chi connectivity index (χ4n) is 7.90. The molecule has 0 bridgehead atoms. The van der Waals surface area contributed by atoms with Crippen molar-refractivity contribution in [1.82, 2.24) is 0 Å². The third kappa shape index (κ3) is 5.53. The molecule has 0 aliphatic heterocycles. The van der Waals surface area contributed by atoms with Gasteiger partial charge in [0.05, 0.1) is 16.8 Å². The van der Waals surface area contributed by atoms with Gasteiger partial charge in [-0.3, -0.25) is 0 Å². The van der Waals surface area contributed by atoms with Crippen molar-refractivity contribution >= 4 is 49.8 Å². The van der Waals surface area contributed by atoms with E-state index in [4.69, 9.17) is 4.42 Å². The Morgan fingerprint density at radius 2 is 0.852 bits per heavy atom. The van der Waals surface area contributed by atoms with E-state index in [0.29, 0.717) is 0 Å². The highest BCUT2D eigenvalue weighted by Crippen LogP contribution is 2.49. The van der Waals surface area contributed by atoms with Crippen molar-refractivity contribution in [3.05, 3.63) is 212 Å². The Balaban J connectivity index is 1.18. The van der Waals surface area contributed by atoms with Gasteiger partial charge in [-0.25, -0.2) is 0 Å². The summed E-state index contributed by atoms with van der Waals surface area (Å²) in [5, 5.41) is 4.58. The molecule has 0 spiro atoms. The number of rotatable bonds is 7. The van der Waals surface area contributed by atoms with Gasteiger partial charge in [0.2, 0.25) is 0 Å². The molecule has 1 aromatic heterocycles. The molecule has 2 nitrogen and oxygen atoms in total. The zero-order chi connectivity index (χ0) is 35.8. The van der Waals surface area contributed by atoms with Crippen molar-refractivity contribution in [2.45, 2.75) is 0 Å². The summed E-state index contributed by atoms with van der Waals surface area (Å²) in [7, 11) is 0. The van der Waals surface area contributed by atoms with Crippen LogP contribution >= 0.6 is 0 Å². The van der Waals surface area contributed by atoms with Crippen LogP contribution in [0.15, 0.2) is 217 Å². The molecule has 0 radical (unpaired) electrons.